The van der Waals surface area contributed by atoms with Crippen LogP contribution in [0.4, 0.5) is 0 Å². The van der Waals surface area contributed by atoms with Crippen molar-refractivity contribution in [2.75, 3.05) is 0 Å². The number of nitrogens with one attached hydrogen (secondary N) is 1. The number of hydrogen-bond donors (Lipinski definition) is 1. The fourth-order valence-electron chi connectivity index (χ4n) is 0.995. The summed E-state index contributed by atoms with van der Waals surface area (Å²) < 4.78 is 0. The van der Waals surface area contributed by atoms with Crippen molar-refractivity contribution in [3.63, 3.8) is 0 Å². The molecule has 1 N–H and O–H groups in total. The third kappa shape index (κ3) is 0.890. The maximum Gasteiger partial charge on any atom is 0.0453 e. The van der Waals surface area contributed by atoms with Gasteiger partial charge in [-0.2, -0.15) is 0 Å². The molecule has 0 aliphatic heterocycles. The van der Waals surface area contributed by atoms with Crippen molar-refractivity contribution in [3.05, 3.63) is 36.5 Å². The molecule has 50 valence electrons. The highest BCUT2D eigenvalue weighted by atomic mass is 16.0. The molecule has 1 heterocycles. The molecule has 2 rings (SSSR count). The van der Waals surface area contributed by atoms with E-state index in [4.69, 9.17) is 0 Å². The largest absolute Gasteiger partial charge is 0.361 e. The highest BCUT2D eigenvalue weighted by Gasteiger charge is 1.86. The minimum absolute atomic E-state index is 0. The first kappa shape index (κ1) is 6.83. The third-order valence-electron chi connectivity index (χ3n) is 1.46. The van der Waals surface area contributed by atoms with Crippen molar-refractivity contribution in [1.29, 1.82) is 0 Å². The maximum atomic E-state index is 3.12. The molecule has 0 aliphatic carbocycles. The number of hydrogen-bond acceptors (Lipinski definition) is 0. The van der Waals surface area contributed by atoms with Crippen molar-refractivity contribution in [3.8, 4) is 0 Å². The second kappa shape index (κ2) is 2.54. The van der Waals surface area contributed by atoms with Gasteiger partial charge in [0.2, 0.25) is 0 Å². The predicted octanol–water partition coefficient (Wildman–Crippen LogP) is 2.05. The van der Waals surface area contributed by atoms with E-state index in [1.807, 2.05) is 18.3 Å². The van der Waals surface area contributed by atoms with Crippen LogP contribution in [0.1, 0.15) is 0 Å². The van der Waals surface area contributed by atoms with E-state index in [0.29, 0.717) is 0 Å². The van der Waals surface area contributed by atoms with Crippen LogP contribution in [0.15, 0.2) is 36.5 Å². The topological polar surface area (TPSA) is 44.3 Å². The molecule has 0 atom stereocenters. The fraction of sp³-hybridized carbons (Fsp3) is 0. The van der Waals surface area contributed by atoms with E-state index in [0.717, 1.165) is 0 Å². The van der Waals surface area contributed by atoms with Crippen molar-refractivity contribution >= 4 is 10.9 Å². The van der Waals surface area contributed by atoms with Crippen LogP contribution < -0.4 is 0 Å². The molecule has 0 bridgehead atoms. The van der Waals surface area contributed by atoms with Gasteiger partial charge in [0.1, 0.15) is 0 Å². The Balaban J connectivity index is 0.000000500. The van der Waals surface area contributed by atoms with Gasteiger partial charge in [0.25, 0.3) is 0 Å². The van der Waals surface area contributed by atoms with E-state index >= 15 is 0 Å². The fourth-order valence-corrected chi connectivity index (χ4v) is 0.995. The molecule has 0 amide bonds. The molecule has 0 unspecified atom stereocenters. The molecule has 0 aliphatic rings. The predicted molar refractivity (Wildman–Crippen MR) is 39.0 cm³/mol. The van der Waals surface area contributed by atoms with Gasteiger partial charge in [0.05, 0.1) is 0 Å². The Hall–Kier alpha value is -1.28. The van der Waals surface area contributed by atoms with E-state index < -0.39 is 0 Å². The Kier molecular flexibility index (Phi) is 1.73. The molecule has 2 nitrogen and oxygen atoms in total. The van der Waals surface area contributed by atoms with Gasteiger partial charge < -0.3 is 4.98 Å². The van der Waals surface area contributed by atoms with E-state index in [-0.39, 0.29) is 5.48 Å². The van der Waals surface area contributed by atoms with Crippen LogP contribution in [-0.4, -0.2) is 4.98 Å². The van der Waals surface area contributed by atoms with Gasteiger partial charge in [-0.15, -0.1) is 0 Å². The normalized spacial score (nSPS) is 9.20. The van der Waals surface area contributed by atoms with E-state index in [1.165, 1.54) is 10.9 Å². The molecule has 2 radical (unpaired) electrons. The molecular weight excluding hydrogens is 126 g/mol. The Labute approximate surface area is 58.8 Å². The van der Waals surface area contributed by atoms with Crippen LogP contribution >= 0.6 is 0 Å². The summed E-state index contributed by atoms with van der Waals surface area (Å²) in [5.74, 6) is 0. The van der Waals surface area contributed by atoms with Crippen LogP contribution in [0.25, 0.3) is 10.9 Å². The summed E-state index contributed by atoms with van der Waals surface area (Å²) in [5.41, 5.74) is 1.21. The number of para-hydroxylation sites is 1. The lowest BCUT2D eigenvalue weighted by atomic mass is 10.3. The Morgan fingerprint density at radius 1 is 1.00 bits per heavy atom. The zero-order valence-electron chi connectivity index (χ0n) is 5.37. The molecule has 2 aromatic rings. The summed E-state index contributed by atoms with van der Waals surface area (Å²) in [5, 5.41) is 1.28. The highest BCUT2D eigenvalue weighted by Crippen LogP contribution is 2.09. The first-order valence-electron chi connectivity index (χ1n) is 2.99. The van der Waals surface area contributed by atoms with E-state index in [1.54, 1.807) is 0 Å². The standard InChI is InChI=1S/C8H7N.O/c1-2-4-8-7(3-1)5-6-9-8;/h1-6,9H;. The van der Waals surface area contributed by atoms with E-state index in [9.17, 15) is 0 Å². The van der Waals surface area contributed by atoms with Gasteiger partial charge in [-0.1, -0.05) is 18.2 Å². The zero-order valence-corrected chi connectivity index (χ0v) is 5.37. The zero-order chi connectivity index (χ0) is 6.10. The molecule has 2 heteroatoms. The summed E-state index contributed by atoms with van der Waals surface area (Å²) in [6, 6.07) is 10.3. The third-order valence-corrected chi connectivity index (χ3v) is 1.46. The monoisotopic (exact) mass is 133 g/mol. The summed E-state index contributed by atoms with van der Waals surface area (Å²) in [7, 11) is 0. The number of rotatable bonds is 0. The summed E-state index contributed by atoms with van der Waals surface area (Å²) in [6.07, 6.45) is 1.95. The second-order valence-corrected chi connectivity index (χ2v) is 2.06. The van der Waals surface area contributed by atoms with Gasteiger partial charge in [-0.25, -0.2) is 0 Å². The van der Waals surface area contributed by atoms with Crippen molar-refractivity contribution in [1.82, 2.24) is 4.98 Å². The van der Waals surface area contributed by atoms with Gasteiger partial charge in [-0.3, -0.25) is 0 Å². The molecule has 1 aromatic heterocycles. The van der Waals surface area contributed by atoms with Crippen LogP contribution in [0.2, 0.25) is 0 Å². The number of benzene rings is 1. The molecular formula is C8H7NO. The molecule has 0 saturated carbocycles. The first-order valence-corrected chi connectivity index (χ1v) is 2.99. The smallest absolute Gasteiger partial charge is 0.0453 e. The quantitative estimate of drug-likeness (QED) is 0.571. The summed E-state index contributed by atoms with van der Waals surface area (Å²) >= 11 is 0. The van der Waals surface area contributed by atoms with Crippen LogP contribution in [0.3, 0.4) is 0 Å². The van der Waals surface area contributed by atoms with Gasteiger partial charge in [-0.05, 0) is 17.5 Å². The lowest BCUT2D eigenvalue weighted by molar-refractivity contribution is 0.686. The molecule has 0 saturated heterocycles. The summed E-state index contributed by atoms with van der Waals surface area (Å²) in [6.45, 7) is 0. The SMILES string of the molecule is [O].c1ccc2[nH]ccc2c1. The number of H-pyrrole nitrogens is 1. The first-order chi connectivity index (χ1) is 4.47. The average Bonchev–Trinajstić information content (AvgIpc) is 2.33. The maximum absolute atomic E-state index is 3.12. The van der Waals surface area contributed by atoms with Gasteiger partial charge in [0.15, 0.2) is 0 Å². The minimum atomic E-state index is 0. The van der Waals surface area contributed by atoms with Crippen molar-refractivity contribution < 1.29 is 5.48 Å². The molecule has 10 heavy (non-hydrogen) atoms. The Morgan fingerprint density at radius 3 is 2.60 bits per heavy atom. The average molecular weight is 133 g/mol. The Morgan fingerprint density at radius 2 is 1.80 bits per heavy atom. The van der Waals surface area contributed by atoms with Crippen LogP contribution in [0.5, 0.6) is 0 Å². The second-order valence-electron chi connectivity index (χ2n) is 2.06. The van der Waals surface area contributed by atoms with E-state index in [2.05, 4.69) is 23.2 Å². The molecule has 0 fully saturated rings. The minimum Gasteiger partial charge on any atom is -0.361 e. The van der Waals surface area contributed by atoms with Crippen LogP contribution in [0, 0.1) is 0 Å². The molecule has 0 spiro atoms. The number of fused-ring (bicyclic) bond motifs is 1. The lowest BCUT2D eigenvalue weighted by Crippen LogP contribution is -1.61. The lowest BCUT2D eigenvalue weighted by Gasteiger charge is -1.83. The highest BCUT2D eigenvalue weighted by molar-refractivity contribution is 5.78. The van der Waals surface area contributed by atoms with Gasteiger partial charge in [0, 0.05) is 17.2 Å². The van der Waals surface area contributed by atoms with Crippen molar-refractivity contribution in [2.24, 2.45) is 0 Å². The Bertz CT molecular complexity index is 283. The number of aromatic nitrogens is 1. The summed E-state index contributed by atoms with van der Waals surface area (Å²) in [4.78, 5) is 3.12. The number of aromatic amines is 1. The van der Waals surface area contributed by atoms with Crippen molar-refractivity contribution in [2.45, 2.75) is 0 Å². The van der Waals surface area contributed by atoms with Crippen LogP contribution in [-0.2, 0) is 5.48 Å². The van der Waals surface area contributed by atoms with Gasteiger partial charge >= 0.3 is 0 Å². The molecule has 1 aromatic carbocycles.